The second kappa shape index (κ2) is 8.12. The van der Waals surface area contributed by atoms with Gasteiger partial charge >= 0.3 is 0 Å². The van der Waals surface area contributed by atoms with E-state index in [2.05, 4.69) is 5.32 Å². The maximum Gasteiger partial charge on any atom is 0.220 e. The van der Waals surface area contributed by atoms with Crippen molar-refractivity contribution in [2.45, 2.75) is 45.3 Å². The number of nitrogens with one attached hydrogen (secondary N) is 1. The quantitative estimate of drug-likeness (QED) is 0.712. The van der Waals surface area contributed by atoms with Crippen molar-refractivity contribution in [3.8, 4) is 0 Å². The summed E-state index contributed by atoms with van der Waals surface area (Å²) in [5.74, 6) is 0.0594. The molecule has 0 aromatic rings. The summed E-state index contributed by atoms with van der Waals surface area (Å²) in [7, 11) is 1.60. The number of rotatable bonds is 1. The number of allylic oxidation sites excluding steroid dienone is 1. The lowest BCUT2D eigenvalue weighted by atomic mass is 9.96. The van der Waals surface area contributed by atoms with E-state index in [0.717, 1.165) is 18.4 Å². The highest BCUT2D eigenvalue weighted by atomic mass is 16.5. The average molecular weight is 267 g/mol. The summed E-state index contributed by atoms with van der Waals surface area (Å²) in [6, 6.07) is 0. The minimum Gasteiger partial charge on any atom is -0.389 e. The van der Waals surface area contributed by atoms with Crippen LogP contribution in [0.4, 0.5) is 0 Å². The molecule has 1 heterocycles. The lowest BCUT2D eigenvalue weighted by molar-refractivity contribution is -0.121. The fourth-order valence-electron chi connectivity index (χ4n) is 2.17. The molecule has 1 aliphatic heterocycles. The summed E-state index contributed by atoms with van der Waals surface area (Å²) in [5.41, 5.74) is 1.05. The van der Waals surface area contributed by atoms with Gasteiger partial charge in [0.2, 0.25) is 5.91 Å². The number of aliphatic hydroxyl groups is 1. The Labute approximate surface area is 115 Å². The molecule has 0 radical (unpaired) electrons. The first-order valence-electron chi connectivity index (χ1n) is 6.86. The zero-order valence-electron chi connectivity index (χ0n) is 12.1. The Balaban J connectivity index is 2.82. The summed E-state index contributed by atoms with van der Waals surface area (Å²) in [6.45, 7) is 4.46. The van der Waals surface area contributed by atoms with E-state index in [1.165, 1.54) is 0 Å². The lowest BCUT2D eigenvalue weighted by Crippen LogP contribution is -2.32. The van der Waals surface area contributed by atoms with Crippen LogP contribution in [0.2, 0.25) is 0 Å². The molecule has 0 saturated carbocycles. The van der Waals surface area contributed by atoms with Crippen LogP contribution in [0.3, 0.4) is 0 Å². The van der Waals surface area contributed by atoms with E-state index in [-0.39, 0.29) is 17.9 Å². The van der Waals surface area contributed by atoms with Gasteiger partial charge < -0.3 is 15.2 Å². The summed E-state index contributed by atoms with van der Waals surface area (Å²) >= 11 is 0. The number of hydrogen-bond donors (Lipinski definition) is 2. The molecule has 0 aromatic heterocycles. The number of hydrogen-bond acceptors (Lipinski definition) is 3. The molecule has 4 nitrogen and oxygen atoms in total. The molecule has 1 amide bonds. The maximum absolute atomic E-state index is 11.6. The van der Waals surface area contributed by atoms with Crippen molar-refractivity contribution in [2.75, 3.05) is 13.7 Å². The van der Waals surface area contributed by atoms with E-state index in [0.29, 0.717) is 13.0 Å². The Kier molecular flexibility index (Phi) is 6.81. The van der Waals surface area contributed by atoms with Crippen LogP contribution >= 0.6 is 0 Å². The Bertz CT molecular complexity index is 349. The van der Waals surface area contributed by atoms with Crippen LogP contribution in [0.25, 0.3) is 0 Å². The van der Waals surface area contributed by atoms with Crippen molar-refractivity contribution < 1.29 is 14.6 Å². The highest BCUT2D eigenvalue weighted by Crippen LogP contribution is 2.15. The third-order valence-corrected chi connectivity index (χ3v) is 3.36. The average Bonchev–Trinajstić information content (AvgIpc) is 2.39. The van der Waals surface area contributed by atoms with Crippen LogP contribution in [0.15, 0.2) is 23.8 Å². The number of carbonyl (C=O) groups is 1. The molecule has 4 heteroatoms. The minimum absolute atomic E-state index is 0.0211. The molecule has 0 aliphatic carbocycles. The molecule has 0 fully saturated rings. The highest BCUT2D eigenvalue weighted by Gasteiger charge is 2.21. The van der Waals surface area contributed by atoms with E-state index in [9.17, 15) is 9.90 Å². The molecule has 1 rings (SSSR count). The maximum atomic E-state index is 11.6. The van der Waals surface area contributed by atoms with Crippen molar-refractivity contribution in [3.63, 3.8) is 0 Å². The molecule has 3 atom stereocenters. The fourth-order valence-corrected chi connectivity index (χ4v) is 2.17. The Hall–Kier alpha value is -1.13. The zero-order valence-corrected chi connectivity index (χ0v) is 12.1. The number of amides is 1. The SMILES string of the molecule is CO[C@H]1/C=C/CCCC(=O)NC/C(C)=C\[C@@H](C)[C@@H]1O. The Morgan fingerprint density at radius 3 is 2.89 bits per heavy atom. The monoisotopic (exact) mass is 267 g/mol. The normalized spacial score (nSPS) is 35.1. The first-order chi connectivity index (χ1) is 9.04. The van der Waals surface area contributed by atoms with Gasteiger partial charge in [-0.05, 0) is 19.8 Å². The van der Waals surface area contributed by atoms with Gasteiger partial charge in [-0.3, -0.25) is 4.79 Å². The molecule has 2 N–H and O–H groups in total. The lowest BCUT2D eigenvalue weighted by Gasteiger charge is -2.23. The molecule has 0 spiro atoms. The highest BCUT2D eigenvalue weighted by molar-refractivity contribution is 5.76. The number of ether oxygens (including phenoxy) is 1. The van der Waals surface area contributed by atoms with E-state index in [4.69, 9.17) is 4.74 Å². The summed E-state index contributed by atoms with van der Waals surface area (Å²) in [6.07, 6.45) is 7.15. The van der Waals surface area contributed by atoms with Gasteiger partial charge in [-0.15, -0.1) is 0 Å². The standard InChI is InChI=1S/C15H25NO3/c1-11-9-12(2)15(18)13(19-3)7-5-4-6-8-14(17)16-10-11/h5,7,9,12-13,15,18H,4,6,8,10H2,1-3H3,(H,16,17)/b7-5+,11-9-/t12-,13+,15+/m1/s1. The molecule has 0 unspecified atom stereocenters. The Morgan fingerprint density at radius 1 is 1.47 bits per heavy atom. The van der Waals surface area contributed by atoms with Crippen LogP contribution in [-0.4, -0.2) is 36.9 Å². The van der Waals surface area contributed by atoms with Gasteiger partial charge in [0.05, 0.1) is 6.10 Å². The minimum atomic E-state index is -0.576. The van der Waals surface area contributed by atoms with Crippen LogP contribution in [0.1, 0.15) is 33.1 Å². The van der Waals surface area contributed by atoms with Crippen LogP contribution in [-0.2, 0) is 9.53 Å². The zero-order chi connectivity index (χ0) is 14.3. The van der Waals surface area contributed by atoms with Gasteiger partial charge in [0.1, 0.15) is 6.10 Å². The van der Waals surface area contributed by atoms with Gasteiger partial charge in [-0.25, -0.2) is 0 Å². The molecular weight excluding hydrogens is 242 g/mol. The first-order valence-corrected chi connectivity index (χ1v) is 6.86. The van der Waals surface area contributed by atoms with Crippen molar-refractivity contribution in [1.29, 1.82) is 0 Å². The molecule has 108 valence electrons. The van der Waals surface area contributed by atoms with Gasteiger partial charge in [0, 0.05) is 26.0 Å². The van der Waals surface area contributed by atoms with E-state index >= 15 is 0 Å². The molecule has 1 aliphatic rings. The molecule has 19 heavy (non-hydrogen) atoms. The Morgan fingerprint density at radius 2 is 2.21 bits per heavy atom. The molecular formula is C15H25NO3. The largest absolute Gasteiger partial charge is 0.389 e. The molecule has 0 bridgehead atoms. The van der Waals surface area contributed by atoms with Crippen molar-refractivity contribution in [3.05, 3.63) is 23.8 Å². The van der Waals surface area contributed by atoms with Crippen LogP contribution in [0, 0.1) is 5.92 Å². The second-order valence-corrected chi connectivity index (χ2v) is 5.16. The molecule has 0 aromatic carbocycles. The van der Waals surface area contributed by atoms with E-state index in [1.54, 1.807) is 7.11 Å². The summed E-state index contributed by atoms with van der Waals surface area (Å²) < 4.78 is 5.32. The first kappa shape index (κ1) is 15.9. The van der Waals surface area contributed by atoms with Crippen LogP contribution in [0.5, 0.6) is 0 Å². The van der Waals surface area contributed by atoms with Gasteiger partial charge in [0.15, 0.2) is 0 Å². The van der Waals surface area contributed by atoms with E-state index in [1.807, 2.05) is 32.1 Å². The number of carbonyl (C=O) groups excluding carboxylic acids is 1. The summed E-state index contributed by atoms with van der Waals surface area (Å²) in [4.78, 5) is 11.6. The second-order valence-electron chi connectivity index (χ2n) is 5.16. The van der Waals surface area contributed by atoms with Crippen molar-refractivity contribution >= 4 is 5.91 Å². The third-order valence-electron chi connectivity index (χ3n) is 3.36. The topological polar surface area (TPSA) is 58.6 Å². The fraction of sp³-hybridized carbons (Fsp3) is 0.667. The predicted molar refractivity (Wildman–Crippen MR) is 75.7 cm³/mol. The van der Waals surface area contributed by atoms with Crippen molar-refractivity contribution in [2.24, 2.45) is 5.92 Å². The van der Waals surface area contributed by atoms with Gasteiger partial charge in [-0.2, -0.15) is 0 Å². The van der Waals surface area contributed by atoms with E-state index < -0.39 is 6.10 Å². The predicted octanol–water partition coefficient (Wildman–Crippen LogP) is 1.80. The van der Waals surface area contributed by atoms with Gasteiger partial charge in [-0.1, -0.05) is 30.7 Å². The summed E-state index contributed by atoms with van der Waals surface area (Å²) in [5, 5.41) is 13.1. The third kappa shape index (κ3) is 5.57. The molecule has 0 saturated heterocycles. The van der Waals surface area contributed by atoms with Crippen LogP contribution < -0.4 is 5.32 Å². The number of aliphatic hydroxyl groups excluding tert-OH is 1. The smallest absolute Gasteiger partial charge is 0.220 e. The van der Waals surface area contributed by atoms with Gasteiger partial charge in [0.25, 0.3) is 0 Å². The number of methoxy groups -OCH3 is 1. The van der Waals surface area contributed by atoms with Crippen molar-refractivity contribution in [1.82, 2.24) is 5.32 Å².